The first-order chi connectivity index (χ1) is 10.0. The predicted molar refractivity (Wildman–Crippen MR) is 76.8 cm³/mol. The van der Waals surface area contributed by atoms with E-state index in [9.17, 15) is 4.39 Å². The lowest BCUT2D eigenvalue weighted by Gasteiger charge is -2.02. The molecule has 3 aromatic rings. The van der Waals surface area contributed by atoms with E-state index in [2.05, 4.69) is 20.1 Å². The second-order valence-corrected chi connectivity index (χ2v) is 4.91. The van der Waals surface area contributed by atoms with Crippen molar-refractivity contribution in [2.45, 2.75) is 13.8 Å². The molecule has 0 N–H and O–H groups in total. The van der Waals surface area contributed by atoms with Crippen LogP contribution in [-0.4, -0.2) is 24.7 Å². The zero-order valence-electron chi connectivity index (χ0n) is 11.4. The molecule has 0 bridgehead atoms. The molecule has 0 radical (unpaired) electrons. The summed E-state index contributed by atoms with van der Waals surface area (Å²) >= 11 is 6.10. The Hall–Kier alpha value is -2.34. The normalized spacial score (nSPS) is 10.9. The molecule has 2 heterocycles. The summed E-state index contributed by atoms with van der Waals surface area (Å²) in [7, 11) is 0. The first-order valence-corrected chi connectivity index (χ1v) is 6.62. The molecule has 0 amide bonds. The molecule has 0 aliphatic rings. The molecule has 0 fully saturated rings. The molecule has 0 unspecified atom stereocenters. The van der Waals surface area contributed by atoms with Gasteiger partial charge >= 0.3 is 0 Å². The minimum Gasteiger partial charge on any atom is -0.216 e. The number of benzene rings is 1. The highest BCUT2D eigenvalue weighted by Gasteiger charge is 2.14. The molecule has 7 heteroatoms. The number of halogens is 2. The van der Waals surface area contributed by atoms with E-state index in [0.29, 0.717) is 17.3 Å². The third kappa shape index (κ3) is 2.75. The van der Waals surface area contributed by atoms with E-state index in [1.54, 1.807) is 12.1 Å². The van der Waals surface area contributed by atoms with Crippen LogP contribution in [-0.2, 0) is 0 Å². The van der Waals surface area contributed by atoms with Crippen molar-refractivity contribution in [2.24, 2.45) is 0 Å². The van der Waals surface area contributed by atoms with Gasteiger partial charge < -0.3 is 0 Å². The molecule has 2 aromatic heterocycles. The molecule has 106 valence electrons. The Kier molecular flexibility index (Phi) is 3.39. The van der Waals surface area contributed by atoms with E-state index in [0.717, 1.165) is 11.4 Å². The van der Waals surface area contributed by atoms with Gasteiger partial charge in [0.1, 0.15) is 5.82 Å². The van der Waals surface area contributed by atoms with Crippen LogP contribution in [0.3, 0.4) is 0 Å². The quantitative estimate of drug-likeness (QED) is 0.730. The fraction of sp³-hybridized carbons (Fsp3) is 0.143. The highest BCUT2D eigenvalue weighted by Crippen LogP contribution is 2.20. The van der Waals surface area contributed by atoms with Gasteiger partial charge in [0, 0.05) is 17.0 Å². The standard InChI is InChI=1S/C14H11ClFN5/c1-8-7-9(2)18-14(17-8)21-13(15)19-12(20-21)10-3-5-11(16)6-4-10/h3-7H,1-2H3. The Bertz CT molecular complexity index is 777. The zero-order chi connectivity index (χ0) is 15.0. The molecule has 5 nitrogen and oxygen atoms in total. The maximum atomic E-state index is 12.9. The topological polar surface area (TPSA) is 56.5 Å². The lowest BCUT2D eigenvalue weighted by Crippen LogP contribution is -2.05. The van der Waals surface area contributed by atoms with E-state index in [4.69, 9.17) is 11.6 Å². The second kappa shape index (κ2) is 5.21. The highest BCUT2D eigenvalue weighted by atomic mass is 35.5. The summed E-state index contributed by atoms with van der Waals surface area (Å²) in [4.78, 5) is 12.7. The molecule has 0 spiro atoms. The van der Waals surface area contributed by atoms with Crippen LogP contribution in [0, 0.1) is 19.7 Å². The third-order valence-electron chi connectivity index (χ3n) is 2.83. The van der Waals surface area contributed by atoms with E-state index in [1.807, 2.05) is 19.9 Å². The van der Waals surface area contributed by atoms with E-state index in [1.165, 1.54) is 16.8 Å². The minimum absolute atomic E-state index is 0.152. The molecule has 0 aliphatic heterocycles. The summed E-state index contributed by atoms with van der Waals surface area (Å²) in [6.45, 7) is 3.73. The van der Waals surface area contributed by atoms with Crippen LogP contribution in [0.2, 0.25) is 5.28 Å². The fourth-order valence-electron chi connectivity index (χ4n) is 1.94. The minimum atomic E-state index is -0.318. The molecule has 21 heavy (non-hydrogen) atoms. The molecule has 1 aromatic carbocycles. The van der Waals surface area contributed by atoms with Crippen LogP contribution in [0.1, 0.15) is 11.4 Å². The molecule has 0 saturated heterocycles. The summed E-state index contributed by atoms with van der Waals surface area (Å²) < 4.78 is 14.3. The van der Waals surface area contributed by atoms with E-state index >= 15 is 0 Å². The van der Waals surface area contributed by atoms with Crippen molar-refractivity contribution in [3.63, 3.8) is 0 Å². The van der Waals surface area contributed by atoms with E-state index in [-0.39, 0.29) is 11.1 Å². The summed E-state index contributed by atoms with van der Waals surface area (Å²) in [6, 6.07) is 7.73. The Morgan fingerprint density at radius 3 is 2.24 bits per heavy atom. The highest BCUT2D eigenvalue weighted by molar-refractivity contribution is 6.28. The van der Waals surface area contributed by atoms with Gasteiger partial charge in [-0.15, -0.1) is 5.10 Å². The van der Waals surface area contributed by atoms with Gasteiger partial charge in [-0.05, 0) is 55.8 Å². The second-order valence-electron chi connectivity index (χ2n) is 4.57. The van der Waals surface area contributed by atoms with Crippen molar-refractivity contribution in [3.05, 3.63) is 52.8 Å². The largest absolute Gasteiger partial charge is 0.253 e. The molecule has 0 saturated carbocycles. The van der Waals surface area contributed by atoms with Gasteiger partial charge in [0.2, 0.25) is 5.28 Å². The smallest absolute Gasteiger partial charge is 0.216 e. The van der Waals surface area contributed by atoms with Crippen molar-refractivity contribution >= 4 is 11.6 Å². The first kappa shape index (κ1) is 13.6. The Morgan fingerprint density at radius 1 is 1.00 bits per heavy atom. The van der Waals surface area contributed by atoms with Crippen molar-refractivity contribution in [2.75, 3.05) is 0 Å². The van der Waals surface area contributed by atoms with Crippen LogP contribution in [0.5, 0.6) is 0 Å². The maximum absolute atomic E-state index is 12.9. The summed E-state index contributed by atoms with van der Waals surface area (Å²) in [5.74, 6) is 0.433. The summed E-state index contributed by atoms with van der Waals surface area (Å²) in [6.07, 6.45) is 0. The van der Waals surface area contributed by atoms with Crippen molar-refractivity contribution in [1.82, 2.24) is 24.7 Å². The van der Waals surface area contributed by atoms with Crippen LogP contribution in [0.4, 0.5) is 4.39 Å². The number of rotatable bonds is 2. The maximum Gasteiger partial charge on any atom is 0.253 e. The first-order valence-electron chi connectivity index (χ1n) is 6.24. The molecule has 3 rings (SSSR count). The van der Waals surface area contributed by atoms with Gasteiger partial charge in [-0.1, -0.05) is 0 Å². The summed E-state index contributed by atoms with van der Waals surface area (Å²) in [5.41, 5.74) is 2.29. The number of hydrogen-bond donors (Lipinski definition) is 0. The van der Waals surface area contributed by atoms with Gasteiger partial charge in [-0.25, -0.2) is 14.4 Å². The van der Waals surface area contributed by atoms with Gasteiger partial charge in [0.25, 0.3) is 5.95 Å². The SMILES string of the molecule is Cc1cc(C)nc(-n2nc(-c3ccc(F)cc3)nc2Cl)n1. The average Bonchev–Trinajstić information content (AvgIpc) is 2.80. The van der Waals surface area contributed by atoms with Gasteiger partial charge in [-0.3, -0.25) is 0 Å². The third-order valence-corrected chi connectivity index (χ3v) is 3.07. The predicted octanol–water partition coefficient (Wildman–Crippen LogP) is 3.13. The lowest BCUT2D eigenvalue weighted by molar-refractivity contribution is 0.628. The number of aryl methyl sites for hydroxylation is 2. The van der Waals surface area contributed by atoms with Crippen LogP contribution in [0.15, 0.2) is 30.3 Å². The van der Waals surface area contributed by atoms with Gasteiger partial charge in [0.05, 0.1) is 0 Å². The van der Waals surface area contributed by atoms with Crippen molar-refractivity contribution in [1.29, 1.82) is 0 Å². The van der Waals surface area contributed by atoms with Crippen LogP contribution in [0.25, 0.3) is 17.3 Å². The molecular formula is C14H11ClFN5. The zero-order valence-corrected chi connectivity index (χ0v) is 12.1. The average molecular weight is 304 g/mol. The number of nitrogens with zero attached hydrogens (tertiary/aromatic N) is 5. The molecule has 0 atom stereocenters. The number of aromatic nitrogens is 5. The Morgan fingerprint density at radius 2 is 1.62 bits per heavy atom. The van der Waals surface area contributed by atoms with Crippen LogP contribution < -0.4 is 0 Å². The van der Waals surface area contributed by atoms with E-state index < -0.39 is 0 Å². The van der Waals surface area contributed by atoms with Crippen molar-refractivity contribution in [3.8, 4) is 17.3 Å². The van der Waals surface area contributed by atoms with Gasteiger partial charge in [-0.2, -0.15) is 9.67 Å². The van der Waals surface area contributed by atoms with Crippen LogP contribution >= 0.6 is 11.6 Å². The van der Waals surface area contributed by atoms with Gasteiger partial charge in [0.15, 0.2) is 5.82 Å². The monoisotopic (exact) mass is 303 g/mol. The molecule has 0 aliphatic carbocycles. The Balaban J connectivity index is 2.07. The fourth-order valence-corrected chi connectivity index (χ4v) is 2.14. The summed E-state index contributed by atoms with van der Waals surface area (Å²) in [5, 5.41) is 4.44. The van der Waals surface area contributed by atoms with Crippen molar-refractivity contribution < 1.29 is 4.39 Å². The Labute approximate surface area is 125 Å². The lowest BCUT2D eigenvalue weighted by atomic mass is 10.2. The number of hydrogen-bond acceptors (Lipinski definition) is 4. The molecular weight excluding hydrogens is 293 g/mol.